The molecule has 0 bridgehead atoms. The standard InChI is InChI=1S/C17H10ClNO/c18-16-6-2-5-14-15(16)9-13(17(14)20)8-11-3-1-4-12(7-11)10-19/h1-8H,9H2/b13-8+. The lowest BCUT2D eigenvalue weighted by atomic mass is 10.1. The molecule has 0 atom stereocenters. The Balaban J connectivity index is 2.02. The number of nitriles is 1. The molecule has 0 fully saturated rings. The van der Waals surface area contributed by atoms with E-state index in [0.717, 1.165) is 11.1 Å². The maximum absolute atomic E-state index is 12.3. The number of nitrogens with zero attached hydrogens (tertiary/aromatic N) is 1. The average molecular weight is 280 g/mol. The van der Waals surface area contributed by atoms with Crippen LogP contribution in [0.2, 0.25) is 5.02 Å². The monoisotopic (exact) mass is 279 g/mol. The van der Waals surface area contributed by atoms with Crippen molar-refractivity contribution >= 4 is 23.5 Å². The van der Waals surface area contributed by atoms with E-state index in [2.05, 4.69) is 6.07 Å². The summed E-state index contributed by atoms with van der Waals surface area (Å²) in [5.41, 5.74) is 3.72. The van der Waals surface area contributed by atoms with Gasteiger partial charge in [0.2, 0.25) is 0 Å². The van der Waals surface area contributed by atoms with Crippen molar-refractivity contribution in [3.63, 3.8) is 0 Å². The highest BCUT2D eigenvalue weighted by Gasteiger charge is 2.26. The van der Waals surface area contributed by atoms with E-state index in [4.69, 9.17) is 16.9 Å². The summed E-state index contributed by atoms with van der Waals surface area (Å²) in [7, 11) is 0. The molecule has 0 unspecified atom stereocenters. The fourth-order valence-corrected chi connectivity index (χ4v) is 2.65. The molecule has 0 saturated heterocycles. The summed E-state index contributed by atoms with van der Waals surface area (Å²) in [6, 6.07) is 14.7. The SMILES string of the molecule is N#Cc1cccc(/C=C2\Cc3c(Cl)cccc3C2=O)c1. The zero-order valence-electron chi connectivity index (χ0n) is 10.6. The van der Waals surface area contributed by atoms with Gasteiger partial charge in [0.1, 0.15) is 0 Å². The topological polar surface area (TPSA) is 40.9 Å². The van der Waals surface area contributed by atoms with Gasteiger partial charge >= 0.3 is 0 Å². The van der Waals surface area contributed by atoms with Gasteiger partial charge in [-0.3, -0.25) is 4.79 Å². The molecule has 0 amide bonds. The lowest BCUT2D eigenvalue weighted by Gasteiger charge is -1.97. The third kappa shape index (κ3) is 2.13. The molecule has 2 aromatic carbocycles. The maximum Gasteiger partial charge on any atom is 0.189 e. The third-order valence-corrected chi connectivity index (χ3v) is 3.73. The molecule has 1 aliphatic rings. The van der Waals surface area contributed by atoms with E-state index >= 15 is 0 Å². The number of allylic oxidation sites excluding steroid dienone is 1. The van der Waals surface area contributed by atoms with Crippen LogP contribution in [0.15, 0.2) is 48.0 Å². The van der Waals surface area contributed by atoms with Crippen LogP contribution in [-0.4, -0.2) is 5.78 Å². The van der Waals surface area contributed by atoms with Crippen LogP contribution in [0.4, 0.5) is 0 Å². The summed E-state index contributed by atoms with van der Waals surface area (Å²) in [5, 5.41) is 9.53. The summed E-state index contributed by atoms with van der Waals surface area (Å²) in [6.07, 6.45) is 2.38. The second kappa shape index (κ2) is 4.96. The van der Waals surface area contributed by atoms with Crippen molar-refractivity contribution in [2.45, 2.75) is 6.42 Å². The summed E-state index contributed by atoms with van der Waals surface area (Å²) in [4.78, 5) is 12.3. The van der Waals surface area contributed by atoms with Crippen molar-refractivity contribution in [3.05, 3.63) is 75.3 Å². The number of Topliss-reactive ketones (excluding diaryl/α,β-unsaturated/α-hetero) is 1. The molecule has 0 aromatic heterocycles. The van der Waals surface area contributed by atoms with Crippen LogP contribution in [-0.2, 0) is 6.42 Å². The van der Waals surface area contributed by atoms with Gasteiger partial charge in [-0.1, -0.05) is 35.9 Å². The molecule has 3 rings (SSSR count). The molecule has 0 spiro atoms. The highest BCUT2D eigenvalue weighted by molar-refractivity contribution is 6.33. The Hall–Kier alpha value is -2.37. The summed E-state index contributed by atoms with van der Waals surface area (Å²) in [6.45, 7) is 0. The Morgan fingerprint density at radius 1 is 1.20 bits per heavy atom. The van der Waals surface area contributed by atoms with E-state index in [-0.39, 0.29) is 5.78 Å². The molecule has 3 heteroatoms. The quantitative estimate of drug-likeness (QED) is 0.739. The van der Waals surface area contributed by atoms with Crippen LogP contribution >= 0.6 is 11.6 Å². The van der Waals surface area contributed by atoms with E-state index in [1.165, 1.54) is 0 Å². The van der Waals surface area contributed by atoms with Crippen molar-refractivity contribution in [2.24, 2.45) is 0 Å². The van der Waals surface area contributed by atoms with Crippen molar-refractivity contribution in [2.75, 3.05) is 0 Å². The highest BCUT2D eigenvalue weighted by Crippen LogP contribution is 2.32. The molecular weight excluding hydrogens is 270 g/mol. The number of fused-ring (bicyclic) bond motifs is 1. The molecule has 20 heavy (non-hydrogen) atoms. The number of carbonyl (C=O) groups excluding carboxylic acids is 1. The predicted octanol–water partition coefficient (Wildman–Crippen LogP) is 4.03. The van der Waals surface area contributed by atoms with Crippen molar-refractivity contribution in [1.82, 2.24) is 0 Å². The first-order valence-electron chi connectivity index (χ1n) is 6.22. The van der Waals surface area contributed by atoms with Crippen LogP contribution in [0.25, 0.3) is 6.08 Å². The Bertz CT molecular complexity index is 784. The molecule has 0 saturated carbocycles. The maximum atomic E-state index is 12.3. The summed E-state index contributed by atoms with van der Waals surface area (Å²) >= 11 is 6.13. The summed E-state index contributed by atoms with van der Waals surface area (Å²) in [5.74, 6) is 0.0184. The van der Waals surface area contributed by atoms with Crippen molar-refractivity contribution in [1.29, 1.82) is 5.26 Å². The smallest absolute Gasteiger partial charge is 0.189 e. The van der Waals surface area contributed by atoms with Gasteiger partial charge in [0.15, 0.2) is 5.78 Å². The van der Waals surface area contributed by atoms with E-state index in [0.29, 0.717) is 28.1 Å². The van der Waals surface area contributed by atoms with Gasteiger partial charge in [0, 0.05) is 22.6 Å². The Kier molecular flexibility index (Phi) is 3.14. The van der Waals surface area contributed by atoms with Crippen LogP contribution in [0.3, 0.4) is 0 Å². The Morgan fingerprint density at radius 2 is 2.00 bits per heavy atom. The number of hydrogen-bond acceptors (Lipinski definition) is 2. The lowest BCUT2D eigenvalue weighted by molar-refractivity contribution is 0.104. The minimum atomic E-state index is 0.0184. The average Bonchev–Trinajstić information content (AvgIpc) is 2.78. The van der Waals surface area contributed by atoms with Gasteiger partial charge < -0.3 is 0 Å². The van der Waals surface area contributed by atoms with Gasteiger partial charge in [-0.2, -0.15) is 5.26 Å². The molecule has 2 aromatic rings. The molecule has 1 aliphatic carbocycles. The number of carbonyl (C=O) groups is 1. The molecule has 0 aliphatic heterocycles. The first-order valence-corrected chi connectivity index (χ1v) is 6.59. The van der Waals surface area contributed by atoms with E-state index in [1.807, 2.05) is 18.2 Å². The van der Waals surface area contributed by atoms with Gasteiger partial charge in [-0.05, 0) is 35.4 Å². The minimum Gasteiger partial charge on any atom is -0.289 e. The van der Waals surface area contributed by atoms with Gasteiger partial charge in [0.25, 0.3) is 0 Å². The van der Waals surface area contributed by atoms with E-state index in [1.54, 1.807) is 30.3 Å². The molecule has 2 nitrogen and oxygen atoms in total. The molecule has 0 heterocycles. The molecule has 96 valence electrons. The minimum absolute atomic E-state index is 0.0184. The molecule has 0 N–H and O–H groups in total. The van der Waals surface area contributed by atoms with E-state index < -0.39 is 0 Å². The largest absolute Gasteiger partial charge is 0.289 e. The first kappa shape index (κ1) is 12.7. The fourth-order valence-electron chi connectivity index (χ4n) is 2.41. The fraction of sp³-hybridized carbons (Fsp3) is 0.0588. The normalized spacial score (nSPS) is 15.2. The second-order valence-electron chi connectivity index (χ2n) is 4.68. The third-order valence-electron chi connectivity index (χ3n) is 3.38. The predicted molar refractivity (Wildman–Crippen MR) is 78.6 cm³/mol. The van der Waals surface area contributed by atoms with Crippen molar-refractivity contribution in [3.8, 4) is 6.07 Å². The van der Waals surface area contributed by atoms with Crippen LogP contribution in [0.5, 0.6) is 0 Å². The molecule has 0 radical (unpaired) electrons. The Morgan fingerprint density at radius 3 is 2.75 bits per heavy atom. The number of halogens is 1. The van der Waals surface area contributed by atoms with Crippen LogP contribution in [0.1, 0.15) is 27.0 Å². The molecular formula is C17H10ClNO. The number of rotatable bonds is 1. The van der Waals surface area contributed by atoms with Gasteiger partial charge in [0.05, 0.1) is 11.6 Å². The Labute approximate surface area is 121 Å². The number of ketones is 1. The lowest BCUT2D eigenvalue weighted by Crippen LogP contribution is -1.95. The zero-order valence-corrected chi connectivity index (χ0v) is 11.3. The second-order valence-corrected chi connectivity index (χ2v) is 5.09. The zero-order chi connectivity index (χ0) is 14.1. The van der Waals surface area contributed by atoms with Crippen LogP contribution < -0.4 is 0 Å². The van der Waals surface area contributed by atoms with Crippen LogP contribution in [0, 0.1) is 11.3 Å². The highest BCUT2D eigenvalue weighted by atomic mass is 35.5. The van der Waals surface area contributed by atoms with E-state index in [9.17, 15) is 4.79 Å². The first-order chi connectivity index (χ1) is 9.69. The van der Waals surface area contributed by atoms with Gasteiger partial charge in [-0.15, -0.1) is 0 Å². The van der Waals surface area contributed by atoms with Crippen molar-refractivity contribution < 1.29 is 4.79 Å². The summed E-state index contributed by atoms with van der Waals surface area (Å²) < 4.78 is 0. The number of benzene rings is 2. The van der Waals surface area contributed by atoms with Gasteiger partial charge in [-0.25, -0.2) is 0 Å². The number of hydrogen-bond donors (Lipinski definition) is 0.